The Hall–Kier alpha value is -1.46. The summed E-state index contributed by atoms with van der Waals surface area (Å²) in [7, 11) is 4.11. The van der Waals surface area contributed by atoms with Crippen molar-refractivity contribution in [2.45, 2.75) is 44.3 Å². The fourth-order valence-electron chi connectivity index (χ4n) is 3.89. The number of rotatable bonds is 3. The molecule has 1 spiro atoms. The molecule has 0 saturated carbocycles. The lowest BCUT2D eigenvalue weighted by atomic mass is 9.90. The first-order valence-corrected chi connectivity index (χ1v) is 8.76. The van der Waals surface area contributed by atoms with E-state index in [1.54, 1.807) is 19.1 Å². The van der Waals surface area contributed by atoms with Crippen LogP contribution in [0.1, 0.15) is 41.6 Å². The average Bonchev–Trinajstić information content (AvgIpc) is 2.92. The van der Waals surface area contributed by atoms with Gasteiger partial charge >= 0.3 is 0 Å². The van der Waals surface area contributed by atoms with Gasteiger partial charge < -0.3 is 14.5 Å². The van der Waals surface area contributed by atoms with Gasteiger partial charge in [0.05, 0.1) is 18.2 Å². The predicted molar refractivity (Wildman–Crippen MR) is 91.7 cm³/mol. The van der Waals surface area contributed by atoms with Crippen molar-refractivity contribution in [1.29, 1.82) is 0 Å². The topological polar surface area (TPSA) is 32.8 Å². The van der Waals surface area contributed by atoms with Crippen molar-refractivity contribution in [3.63, 3.8) is 0 Å². The van der Waals surface area contributed by atoms with Crippen molar-refractivity contribution in [3.05, 3.63) is 35.1 Å². The van der Waals surface area contributed by atoms with E-state index >= 15 is 0 Å². The molecule has 0 bridgehead atoms. The summed E-state index contributed by atoms with van der Waals surface area (Å²) in [5.41, 5.74) is 0.778. The first kappa shape index (κ1) is 17.4. The van der Waals surface area contributed by atoms with E-state index in [2.05, 4.69) is 19.0 Å². The molecule has 0 N–H and O–H groups in total. The molecule has 1 aromatic rings. The third-order valence-corrected chi connectivity index (χ3v) is 5.17. The van der Waals surface area contributed by atoms with Crippen LogP contribution in [0.15, 0.2) is 18.2 Å². The molecule has 0 aliphatic carbocycles. The summed E-state index contributed by atoms with van der Waals surface area (Å²) in [6, 6.07) is 4.72. The molecule has 2 heterocycles. The highest BCUT2D eigenvalue weighted by atomic mass is 19.1. The Morgan fingerprint density at radius 3 is 2.92 bits per heavy atom. The van der Waals surface area contributed by atoms with E-state index in [-0.39, 0.29) is 23.4 Å². The Balaban J connectivity index is 1.67. The van der Waals surface area contributed by atoms with Crippen LogP contribution in [0.3, 0.4) is 0 Å². The van der Waals surface area contributed by atoms with Gasteiger partial charge in [-0.05, 0) is 64.4 Å². The molecule has 4 nitrogen and oxygen atoms in total. The fourth-order valence-corrected chi connectivity index (χ4v) is 3.89. The highest BCUT2D eigenvalue weighted by Crippen LogP contribution is 2.37. The molecule has 1 aromatic carbocycles. The minimum Gasteiger partial charge on any atom is -0.369 e. The lowest BCUT2D eigenvalue weighted by Gasteiger charge is -2.39. The van der Waals surface area contributed by atoms with Gasteiger partial charge in [0.25, 0.3) is 5.91 Å². The smallest absolute Gasteiger partial charge is 0.254 e. The van der Waals surface area contributed by atoms with Gasteiger partial charge in [0.2, 0.25) is 0 Å². The van der Waals surface area contributed by atoms with Crippen LogP contribution >= 0.6 is 0 Å². The Kier molecular flexibility index (Phi) is 4.92. The number of hydrogen-bond acceptors (Lipinski definition) is 3. The fraction of sp³-hybridized carbons (Fsp3) is 0.632. The van der Waals surface area contributed by atoms with Crippen LogP contribution in [0.25, 0.3) is 0 Å². The first-order chi connectivity index (χ1) is 11.4. The molecule has 2 aliphatic rings. The van der Waals surface area contributed by atoms with E-state index in [4.69, 9.17) is 4.74 Å². The molecule has 132 valence electrons. The summed E-state index contributed by atoms with van der Waals surface area (Å²) in [5, 5.41) is 0. The molecular formula is C19H27FN2O2. The Labute approximate surface area is 143 Å². The summed E-state index contributed by atoms with van der Waals surface area (Å²) in [5.74, 6) is -0.418. The van der Waals surface area contributed by atoms with Crippen LogP contribution in [-0.2, 0) is 4.74 Å². The van der Waals surface area contributed by atoms with Crippen molar-refractivity contribution >= 4 is 5.91 Å². The molecule has 1 amide bonds. The van der Waals surface area contributed by atoms with Gasteiger partial charge in [-0.2, -0.15) is 0 Å². The van der Waals surface area contributed by atoms with Gasteiger partial charge in [-0.1, -0.05) is 6.07 Å². The quantitative estimate of drug-likeness (QED) is 0.852. The van der Waals surface area contributed by atoms with Crippen LogP contribution in [-0.4, -0.2) is 61.1 Å². The number of aryl methyl sites for hydroxylation is 1. The zero-order valence-corrected chi connectivity index (χ0v) is 14.8. The van der Waals surface area contributed by atoms with Gasteiger partial charge in [0, 0.05) is 18.7 Å². The van der Waals surface area contributed by atoms with E-state index < -0.39 is 0 Å². The van der Waals surface area contributed by atoms with Crippen LogP contribution < -0.4 is 0 Å². The second-order valence-electron chi connectivity index (χ2n) is 7.52. The van der Waals surface area contributed by atoms with Gasteiger partial charge in [-0.15, -0.1) is 0 Å². The molecule has 0 unspecified atom stereocenters. The van der Waals surface area contributed by atoms with E-state index in [1.165, 1.54) is 6.07 Å². The molecule has 5 heteroatoms. The number of benzene rings is 1. The second-order valence-corrected chi connectivity index (χ2v) is 7.52. The zero-order valence-electron chi connectivity index (χ0n) is 14.8. The van der Waals surface area contributed by atoms with Gasteiger partial charge in [-0.25, -0.2) is 4.39 Å². The summed E-state index contributed by atoms with van der Waals surface area (Å²) >= 11 is 0. The molecule has 0 radical (unpaired) electrons. The number of amides is 1. The second kappa shape index (κ2) is 6.81. The van der Waals surface area contributed by atoms with Crippen molar-refractivity contribution < 1.29 is 13.9 Å². The number of carbonyl (C=O) groups is 1. The van der Waals surface area contributed by atoms with Crippen LogP contribution in [0, 0.1) is 12.7 Å². The Bertz CT molecular complexity index is 619. The van der Waals surface area contributed by atoms with Crippen LogP contribution in [0.2, 0.25) is 0 Å². The normalized spacial score (nSPS) is 27.2. The summed E-state index contributed by atoms with van der Waals surface area (Å²) in [4.78, 5) is 16.7. The maximum absolute atomic E-state index is 13.7. The third-order valence-electron chi connectivity index (χ3n) is 5.17. The van der Waals surface area contributed by atoms with E-state index in [1.807, 2.05) is 4.90 Å². The molecule has 24 heavy (non-hydrogen) atoms. The molecular weight excluding hydrogens is 307 g/mol. The summed E-state index contributed by atoms with van der Waals surface area (Å²) in [6.45, 7) is 3.92. The minimum absolute atomic E-state index is 0.0934. The van der Waals surface area contributed by atoms with Crippen LogP contribution in [0.5, 0.6) is 0 Å². The van der Waals surface area contributed by atoms with Crippen molar-refractivity contribution in [3.8, 4) is 0 Å². The lowest BCUT2D eigenvalue weighted by molar-refractivity contribution is -0.124. The number of nitrogens with zero attached hydrogens (tertiary/aromatic N) is 2. The first-order valence-electron chi connectivity index (χ1n) is 8.76. The number of hydrogen-bond donors (Lipinski definition) is 0. The third kappa shape index (κ3) is 3.62. The monoisotopic (exact) mass is 334 g/mol. The molecule has 2 aliphatic heterocycles. The number of likely N-dealkylation sites (N-methyl/N-ethyl adjacent to an activating group) is 1. The SMILES string of the molecule is Cc1ccc(C(=O)N2CC[C@]3(CCC[C@@H](CN(C)C)O3)C2)cc1F. The predicted octanol–water partition coefficient (Wildman–Crippen LogP) is 2.85. The molecule has 0 aromatic heterocycles. The number of ether oxygens (including phenoxy) is 1. The number of carbonyl (C=O) groups excluding carboxylic acids is 1. The molecule has 2 fully saturated rings. The standard InChI is InChI=1S/C19H27FN2O2/c1-14-6-7-15(11-17(14)20)18(23)22-10-9-19(13-22)8-4-5-16(24-19)12-21(2)3/h6-7,11,16H,4-5,8-10,12-13H2,1-3H3/t16-,19+/m0/s1. The van der Waals surface area contributed by atoms with E-state index in [0.717, 1.165) is 32.2 Å². The Morgan fingerprint density at radius 1 is 1.42 bits per heavy atom. The van der Waals surface area contributed by atoms with Crippen molar-refractivity contribution in [1.82, 2.24) is 9.80 Å². The van der Waals surface area contributed by atoms with Gasteiger partial charge in [0.15, 0.2) is 0 Å². The van der Waals surface area contributed by atoms with E-state index in [9.17, 15) is 9.18 Å². The van der Waals surface area contributed by atoms with Crippen molar-refractivity contribution in [2.24, 2.45) is 0 Å². The average molecular weight is 334 g/mol. The van der Waals surface area contributed by atoms with Gasteiger partial charge in [-0.3, -0.25) is 4.79 Å². The number of likely N-dealkylation sites (tertiary alicyclic amines) is 1. The minimum atomic E-state index is -0.324. The maximum Gasteiger partial charge on any atom is 0.254 e. The zero-order chi connectivity index (χ0) is 17.3. The summed E-state index contributed by atoms with van der Waals surface area (Å²) in [6.07, 6.45) is 4.33. The Morgan fingerprint density at radius 2 is 2.21 bits per heavy atom. The molecule has 2 atom stereocenters. The molecule has 3 rings (SSSR count). The van der Waals surface area contributed by atoms with Crippen LogP contribution in [0.4, 0.5) is 4.39 Å². The number of halogens is 1. The largest absolute Gasteiger partial charge is 0.369 e. The molecule has 2 saturated heterocycles. The highest BCUT2D eigenvalue weighted by Gasteiger charge is 2.44. The van der Waals surface area contributed by atoms with E-state index in [0.29, 0.717) is 24.2 Å². The lowest BCUT2D eigenvalue weighted by Crippen LogP contribution is -2.46. The highest BCUT2D eigenvalue weighted by molar-refractivity contribution is 5.94. The summed E-state index contributed by atoms with van der Waals surface area (Å²) < 4.78 is 20.1. The van der Waals surface area contributed by atoms with Gasteiger partial charge in [0.1, 0.15) is 5.82 Å². The maximum atomic E-state index is 13.7. The van der Waals surface area contributed by atoms with Crippen molar-refractivity contribution in [2.75, 3.05) is 33.7 Å².